The summed E-state index contributed by atoms with van der Waals surface area (Å²) >= 11 is 0. The van der Waals surface area contributed by atoms with Gasteiger partial charge in [0.05, 0.1) is 30.0 Å². The van der Waals surface area contributed by atoms with Gasteiger partial charge in [-0.3, -0.25) is 14.6 Å². The van der Waals surface area contributed by atoms with E-state index < -0.39 is 17.7 Å². The van der Waals surface area contributed by atoms with Crippen molar-refractivity contribution >= 4 is 17.4 Å². The van der Waals surface area contributed by atoms with Gasteiger partial charge in [-0.15, -0.1) is 0 Å². The minimum atomic E-state index is -0.756. The first-order chi connectivity index (χ1) is 15.0. The van der Waals surface area contributed by atoms with Crippen LogP contribution in [-0.2, 0) is 9.59 Å². The summed E-state index contributed by atoms with van der Waals surface area (Å²) in [6.07, 6.45) is 3.22. The summed E-state index contributed by atoms with van der Waals surface area (Å²) < 4.78 is 11.2. The lowest BCUT2D eigenvalue weighted by molar-refractivity contribution is -0.140. The van der Waals surface area contributed by atoms with E-state index in [1.807, 2.05) is 20.8 Å². The van der Waals surface area contributed by atoms with Crippen LogP contribution in [-0.4, -0.2) is 46.4 Å². The second-order valence-corrected chi connectivity index (χ2v) is 7.12. The standard InChI is InChI=1S/C24H28N2O5/c1-4-7-14-26-21(18-10-8-9-13-25-18)20(23(28)24(26)29)22(27)17-12-11-16(30-5-2)15-19(17)31-6-3/h8-13,15,21,27H,4-7,14H2,1-3H3/b22-20-. The third kappa shape index (κ3) is 4.55. The predicted octanol–water partition coefficient (Wildman–Crippen LogP) is 4.10. The van der Waals surface area contributed by atoms with Crippen LogP contribution in [0.15, 0.2) is 48.2 Å². The molecule has 2 heterocycles. The van der Waals surface area contributed by atoms with Crippen LogP contribution in [0.2, 0.25) is 0 Å². The molecule has 7 heteroatoms. The van der Waals surface area contributed by atoms with Gasteiger partial charge in [-0.05, 0) is 44.5 Å². The summed E-state index contributed by atoms with van der Waals surface area (Å²) in [4.78, 5) is 31.7. The molecule has 31 heavy (non-hydrogen) atoms. The highest BCUT2D eigenvalue weighted by Gasteiger charge is 2.46. The van der Waals surface area contributed by atoms with Gasteiger partial charge in [0, 0.05) is 18.8 Å². The lowest BCUT2D eigenvalue weighted by atomic mass is 9.97. The number of aliphatic hydroxyl groups is 1. The Balaban J connectivity index is 2.16. The third-order valence-corrected chi connectivity index (χ3v) is 5.08. The third-order valence-electron chi connectivity index (χ3n) is 5.08. The molecule has 3 rings (SSSR count). The maximum Gasteiger partial charge on any atom is 0.295 e. The van der Waals surface area contributed by atoms with E-state index in [0.717, 1.165) is 12.8 Å². The van der Waals surface area contributed by atoms with Crippen molar-refractivity contribution in [3.05, 3.63) is 59.4 Å². The summed E-state index contributed by atoms with van der Waals surface area (Å²) in [5, 5.41) is 11.2. The molecule has 164 valence electrons. The number of nitrogens with zero attached hydrogens (tertiary/aromatic N) is 2. The van der Waals surface area contributed by atoms with Gasteiger partial charge in [-0.2, -0.15) is 0 Å². The highest BCUT2D eigenvalue weighted by atomic mass is 16.5. The van der Waals surface area contributed by atoms with Crippen LogP contribution < -0.4 is 9.47 Å². The number of pyridine rings is 1. The first-order valence-corrected chi connectivity index (χ1v) is 10.6. The topological polar surface area (TPSA) is 89.0 Å². The van der Waals surface area contributed by atoms with Crippen LogP contribution in [0, 0.1) is 0 Å². The number of likely N-dealkylation sites (tertiary alicyclic amines) is 1. The molecule has 1 fully saturated rings. The highest BCUT2D eigenvalue weighted by molar-refractivity contribution is 6.46. The summed E-state index contributed by atoms with van der Waals surface area (Å²) in [6.45, 7) is 6.97. The summed E-state index contributed by atoms with van der Waals surface area (Å²) in [6, 6.07) is 9.57. The van der Waals surface area contributed by atoms with Gasteiger partial charge in [-0.1, -0.05) is 19.4 Å². The van der Waals surface area contributed by atoms with Crippen molar-refractivity contribution in [2.75, 3.05) is 19.8 Å². The fraction of sp³-hybridized carbons (Fsp3) is 0.375. The second kappa shape index (κ2) is 10.1. The van der Waals surface area contributed by atoms with Crippen molar-refractivity contribution in [1.29, 1.82) is 0 Å². The van der Waals surface area contributed by atoms with E-state index in [-0.39, 0.29) is 11.3 Å². The zero-order valence-electron chi connectivity index (χ0n) is 18.1. The molecule has 1 aromatic carbocycles. The van der Waals surface area contributed by atoms with Crippen molar-refractivity contribution < 1.29 is 24.2 Å². The Bertz CT molecular complexity index is 971. The van der Waals surface area contributed by atoms with Crippen LogP contribution in [0.25, 0.3) is 5.76 Å². The number of aromatic nitrogens is 1. The molecule has 0 radical (unpaired) electrons. The molecule has 7 nitrogen and oxygen atoms in total. The van der Waals surface area contributed by atoms with Gasteiger partial charge in [-0.25, -0.2) is 0 Å². The number of benzene rings is 1. The van der Waals surface area contributed by atoms with Crippen LogP contribution in [0.1, 0.15) is 50.9 Å². The van der Waals surface area contributed by atoms with Crippen molar-refractivity contribution in [1.82, 2.24) is 9.88 Å². The monoisotopic (exact) mass is 424 g/mol. The largest absolute Gasteiger partial charge is 0.507 e. The van der Waals surface area contributed by atoms with Crippen LogP contribution >= 0.6 is 0 Å². The second-order valence-electron chi connectivity index (χ2n) is 7.12. The number of amides is 1. The number of aliphatic hydroxyl groups excluding tert-OH is 1. The van der Waals surface area contributed by atoms with E-state index in [4.69, 9.17) is 9.47 Å². The Kier molecular flexibility index (Phi) is 7.28. The molecular formula is C24H28N2O5. The molecule has 0 saturated carbocycles. The lowest BCUT2D eigenvalue weighted by Crippen LogP contribution is -2.31. The van der Waals surface area contributed by atoms with Gasteiger partial charge in [0.2, 0.25) is 0 Å². The normalized spacial score (nSPS) is 17.8. The molecule has 0 spiro atoms. The molecule has 1 unspecified atom stereocenters. The summed E-state index contributed by atoms with van der Waals surface area (Å²) in [7, 11) is 0. The Morgan fingerprint density at radius 2 is 1.87 bits per heavy atom. The Labute approximate surface area is 182 Å². The van der Waals surface area contributed by atoms with Crippen molar-refractivity contribution in [2.24, 2.45) is 0 Å². The van der Waals surface area contributed by atoms with E-state index in [1.54, 1.807) is 42.6 Å². The number of carbonyl (C=O) groups is 2. The minimum Gasteiger partial charge on any atom is -0.507 e. The number of Topliss-reactive ketones (excluding diaryl/α,β-unsaturated/α-hetero) is 1. The maximum atomic E-state index is 13.0. The molecule has 0 bridgehead atoms. The van der Waals surface area contributed by atoms with Crippen LogP contribution in [0.3, 0.4) is 0 Å². The maximum absolute atomic E-state index is 13.0. The van der Waals surface area contributed by atoms with E-state index in [9.17, 15) is 14.7 Å². The predicted molar refractivity (Wildman–Crippen MR) is 117 cm³/mol. The smallest absolute Gasteiger partial charge is 0.295 e. The molecule has 1 amide bonds. The number of ketones is 1. The molecule has 1 aliphatic rings. The highest BCUT2D eigenvalue weighted by Crippen LogP contribution is 2.41. The SMILES string of the molecule is CCCCN1C(=O)C(=O)/C(=C(\O)c2ccc(OCC)cc2OCC)C1c1ccccn1. The number of rotatable bonds is 9. The summed E-state index contributed by atoms with van der Waals surface area (Å²) in [5.41, 5.74) is 0.882. The lowest BCUT2D eigenvalue weighted by Gasteiger charge is -2.24. The zero-order valence-corrected chi connectivity index (χ0v) is 18.1. The van der Waals surface area contributed by atoms with E-state index >= 15 is 0 Å². The number of hydrogen-bond donors (Lipinski definition) is 1. The Morgan fingerprint density at radius 3 is 2.52 bits per heavy atom. The molecule has 1 atom stereocenters. The first-order valence-electron chi connectivity index (χ1n) is 10.6. The molecule has 1 N–H and O–H groups in total. The fourth-order valence-corrected chi connectivity index (χ4v) is 3.66. The Hall–Kier alpha value is -3.35. The molecular weight excluding hydrogens is 396 g/mol. The quantitative estimate of drug-likeness (QED) is 0.370. The van der Waals surface area contributed by atoms with Crippen molar-refractivity contribution in [2.45, 2.75) is 39.7 Å². The van der Waals surface area contributed by atoms with Gasteiger partial charge in [0.25, 0.3) is 11.7 Å². The molecule has 1 saturated heterocycles. The minimum absolute atomic E-state index is 0.0184. The number of unbranched alkanes of at least 4 members (excludes halogenated alkanes) is 1. The number of ether oxygens (including phenoxy) is 2. The van der Waals surface area contributed by atoms with Gasteiger partial charge in [0.1, 0.15) is 23.3 Å². The van der Waals surface area contributed by atoms with Gasteiger partial charge < -0.3 is 19.5 Å². The molecule has 1 aromatic heterocycles. The van der Waals surface area contributed by atoms with Crippen LogP contribution in [0.5, 0.6) is 11.5 Å². The zero-order chi connectivity index (χ0) is 22.4. The summed E-state index contributed by atoms with van der Waals surface area (Å²) in [5.74, 6) is -0.660. The van der Waals surface area contributed by atoms with Crippen LogP contribution in [0.4, 0.5) is 0 Å². The van der Waals surface area contributed by atoms with Gasteiger partial charge >= 0.3 is 0 Å². The van der Waals surface area contributed by atoms with E-state index in [2.05, 4.69) is 4.98 Å². The number of hydrogen-bond acceptors (Lipinski definition) is 6. The first kappa shape index (κ1) is 22.3. The van der Waals surface area contributed by atoms with Crippen molar-refractivity contribution in [3.8, 4) is 11.5 Å². The average molecular weight is 424 g/mol. The average Bonchev–Trinajstić information content (AvgIpc) is 3.03. The van der Waals surface area contributed by atoms with Gasteiger partial charge in [0.15, 0.2) is 0 Å². The molecule has 1 aliphatic heterocycles. The van der Waals surface area contributed by atoms with E-state index in [1.165, 1.54) is 4.90 Å². The molecule has 2 aromatic rings. The number of carbonyl (C=O) groups excluding carboxylic acids is 2. The van der Waals surface area contributed by atoms with Crippen molar-refractivity contribution in [3.63, 3.8) is 0 Å². The van der Waals surface area contributed by atoms with E-state index in [0.29, 0.717) is 42.5 Å². The molecule has 0 aliphatic carbocycles. The Morgan fingerprint density at radius 1 is 1.10 bits per heavy atom. The fourth-order valence-electron chi connectivity index (χ4n) is 3.66.